The Kier molecular flexibility index (Phi) is 9.36. The topological polar surface area (TPSA) is 129 Å². The molecule has 0 aliphatic carbocycles. The van der Waals surface area contributed by atoms with Gasteiger partial charge in [-0.1, -0.05) is 13.8 Å². The molecule has 4 rings (SSSR count). The molecule has 214 valence electrons. The van der Waals surface area contributed by atoms with Crippen LogP contribution < -0.4 is 15.8 Å². The van der Waals surface area contributed by atoms with Crippen molar-refractivity contribution in [1.82, 2.24) is 9.97 Å². The lowest BCUT2D eigenvalue weighted by Crippen LogP contribution is -2.51. The molecule has 9 nitrogen and oxygen atoms in total. The molecule has 3 aromatic rings. The van der Waals surface area contributed by atoms with Crippen molar-refractivity contribution in [3.63, 3.8) is 0 Å². The van der Waals surface area contributed by atoms with Gasteiger partial charge in [-0.15, -0.1) is 0 Å². The number of aliphatic hydroxyl groups is 1. The predicted molar refractivity (Wildman–Crippen MR) is 140 cm³/mol. The van der Waals surface area contributed by atoms with Crippen LogP contribution >= 0.6 is 0 Å². The van der Waals surface area contributed by atoms with Gasteiger partial charge in [0, 0.05) is 37.0 Å². The minimum absolute atomic E-state index is 0.0164. The Bertz CT molecular complexity index is 1340. The van der Waals surface area contributed by atoms with Gasteiger partial charge in [0.1, 0.15) is 41.2 Å². The molecule has 4 N–H and O–H groups in total. The zero-order chi connectivity index (χ0) is 29.0. The molecule has 4 atom stereocenters. The molecular formula is C28H31F3N4O5. The number of amides is 1. The van der Waals surface area contributed by atoms with E-state index in [0.29, 0.717) is 12.0 Å². The first-order chi connectivity index (χ1) is 19.1. The maximum absolute atomic E-state index is 14.9. The molecule has 2 aromatic heterocycles. The first-order valence-corrected chi connectivity index (χ1v) is 12.7. The Balaban J connectivity index is 1.59. The highest BCUT2D eigenvalue weighted by Gasteiger charge is 2.38. The van der Waals surface area contributed by atoms with E-state index in [1.165, 1.54) is 19.5 Å². The molecule has 1 aromatic carbocycles. The number of methoxy groups -OCH3 is 1. The van der Waals surface area contributed by atoms with E-state index in [9.17, 15) is 23.1 Å². The van der Waals surface area contributed by atoms with E-state index in [4.69, 9.17) is 19.9 Å². The first-order valence-electron chi connectivity index (χ1n) is 12.7. The summed E-state index contributed by atoms with van der Waals surface area (Å²) >= 11 is 0. The molecular weight excluding hydrogens is 529 g/mol. The van der Waals surface area contributed by atoms with Gasteiger partial charge in [0.25, 0.3) is 5.91 Å². The van der Waals surface area contributed by atoms with Crippen molar-refractivity contribution < 1.29 is 37.3 Å². The number of pyridine rings is 2. The van der Waals surface area contributed by atoms with E-state index < -0.39 is 59.0 Å². The number of ether oxygens (including phenoxy) is 3. The number of rotatable bonds is 9. The van der Waals surface area contributed by atoms with Crippen molar-refractivity contribution in [3.05, 3.63) is 71.4 Å². The second kappa shape index (κ2) is 12.7. The number of benzene rings is 1. The molecule has 0 radical (unpaired) electrons. The summed E-state index contributed by atoms with van der Waals surface area (Å²) in [6.45, 7) is 4.08. The van der Waals surface area contributed by atoms with Crippen LogP contribution in [0.3, 0.4) is 0 Å². The second-order valence-electron chi connectivity index (χ2n) is 9.77. The van der Waals surface area contributed by atoms with Crippen LogP contribution in [-0.2, 0) is 9.47 Å². The Morgan fingerprint density at radius 2 is 1.90 bits per heavy atom. The number of nitrogens with one attached hydrogen (secondary N) is 1. The van der Waals surface area contributed by atoms with Crippen LogP contribution in [0, 0.1) is 23.4 Å². The van der Waals surface area contributed by atoms with E-state index in [1.807, 2.05) is 13.8 Å². The van der Waals surface area contributed by atoms with E-state index in [1.54, 1.807) is 6.07 Å². The van der Waals surface area contributed by atoms with Crippen LogP contribution in [0.1, 0.15) is 42.4 Å². The van der Waals surface area contributed by atoms with Gasteiger partial charge in [-0.2, -0.15) is 0 Å². The fourth-order valence-electron chi connectivity index (χ4n) is 4.53. The number of nitrogens with two attached hydrogens (primary N) is 1. The number of halogens is 3. The third kappa shape index (κ3) is 6.41. The molecule has 0 saturated carbocycles. The highest BCUT2D eigenvalue weighted by molar-refractivity contribution is 6.03. The highest BCUT2D eigenvalue weighted by Crippen LogP contribution is 2.37. The molecule has 1 saturated heterocycles. The lowest BCUT2D eigenvalue weighted by Gasteiger charge is -2.40. The Morgan fingerprint density at radius 3 is 2.58 bits per heavy atom. The predicted octanol–water partition coefficient (Wildman–Crippen LogP) is 4.01. The summed E-state index contributed by atoms with van der Waals surface area (Å²) in [5.41, 5.74) is 5.32. The molecule has 1 amide bonds. The van der Waals surface area contributed by atoms with Crippen LogP contribution in [-0.4, -0.2) is 59.6 Å². The van der Waals surface area contributed by atoms with Crippen LogP contribution in [0.4, 0.5) is 18.9 Å². The monoisotopic (exact) mass is 560 g/mol. The summed E-state index contributed by atoms with van der Waals surface area (Å²) in [5, 5.41) is 13.1. The molecule has 0 unspecified atom stereocenters. The number of nitrogens with zero attached hydrogens (tertiary/aromatic N) is 2. The van der Waals surface area contributed by atoms with Crippen molar-refractivity contribution >= 4 is 11.6 Å². The SMILES string of the molecule is COCCOc1cc(F)c(-c2nc(C(=O)Nc3cnccc3[C@@H]3C[C@@H](N)[C@H](O)[C@@H](C(C)C)O3)ccc2F)c(F)c1. The average Bonchev–Trinajstić information content (AvgIpc) is 2.91. The lowest BCUT2D eigenvalue weighted by molar-refractivity contribution is -0.145. The van der Waals surface area contributed by atoms with Crippen molar-refractivity contribution in [2.45, 2.75) is 44.6 Å². The van der Waals surface area contributed by atoms with Gasteiger partial charge < -0.3 is 30.4 Å². The minimum atomic E-state index is -1.11. The summed E-state index contributed by atoms with van der Waals surface area (Å²) < 4.78 is 60.6. The maximum atomic E-state index is 14.9. The van der Waals surface area contributed by atoms with Crippen LogP contribution in [0.2, 0.25) is 0 Å². The van der Waals surface area contributed by atoms with Crippen LogP contribution in [0.25, 0.3) is 11.3 Å². The van der Waals surface area contributed by atoms with Crippen molar-refractivity contribution in [1.29, 1.82) is 0 Å². The fourth-order valence-corrected chi connectivity index (χ4v) is 4.53. The Labute approximate surface area is 229 Å². The Hall–Kier alpha value is -3.58. The van der Waals surface area contributed by atoms with Gasteiger partial charge in [-0.25, -0.2) is 18.2 Å². The van der Waals surface area contributed by atoms with E-state index in [-0.39, 0.29) is 36.3 Å². The summed E-state index contributed by atoms with van der Waals surface area (Å²) in [5.74, 6) is -4.13. The number of carbonyl (C=O) groups is 1. The zero-order valence-corrected chi connectivity index (χ0v) is 22.2. The number of hydrogen-bond acceptors (Lipinski definition) is 8. The normalized spacial score (nSPS) is 20.9. The van der Waals surface area contributed by atoms with Gasteiger partial charge in [0.05, 0.1) is 42.4 Å². The number of aromatic nitrogens is 2. The van der Waals surface area contributed by atoms with Crippen molar-refractivity contribution in [3.8, 4) is 17.0 Å². The minimum Gasteiger partial charge on any atom is -0.491 e. The molecule has 3 heterocycles. The zero-order valence-electron chi connectivity index (χ0n) is 22.2. The molecule has 0 bridgehead atoms. The third-order valence-electron chi connectivity index (χ3n) is 6.58. The molecule has 12 heteroatoms. The van der Waals surface area contributed by atoms with Gasteiger partial charge in [-0.3, -0.25) is 9.78 Å². The second-order valence-corrected chi connectivity index (χ2v) is 9.77. The van der Waals surface area contributed by atoms with E-state index >= 15 is 0 Å². The fraction of sp³-hybridized carbons (Fsp3) is 0.393. The first kappa shape index (κ1) is 29.4. The number of carbonyl (C=O) groups excluding carboxylic acids is 1. The molecule has 1 aliphatic rings. The molecule has 40 heavy (non-hydrogen) atoms. The molecule has 0 spiro atoms. The van der Waals surface area contributed by atoms with E-state index in [2.05, 4.69) is 15.3 Å². The van der Waals surface area contributed by atoms with E-state index in [0.717, 1.165) is 24.3 Å². The van der Waals surface area contributed by atoms with Crippen molar-refractivity contribution in [2.24, 2.45) is 11.7 Å². The highest BCUT2D eigenvalue weighted by atomic mass is 19.1. The third-order valence-corrected chi connectivity index (χ3v) is 6.58. The molecule has 1 aliphatic heterocycles. The van der Waals surface area contributed by atoms with Crippen molar-refractivity contribution in [2.75, 3.05) is 25.6 Å². The summed E-state index contributed by atoms with van der Waals surface area (Å²) in [4.78, 5) is 21.1. The largest absolute Gasteiger partial charge is 0.491 e. The van der Waals surface area contributed by atoms with Gasteiger partial charge in [0.2, 0.25) is 0 Å². The van der Waals surface area contributed by atoms with Gasteiger partial charge >= 0.3 is 0 Å². The Morgan fingerprint density at radius 1 is 1.18 bits per heavy atom. The smallest absolute Gasteiger partial charge is 0.274 e. The number of anilines is 1. The van der Waals surface area contributed by atoms with Crippen LogP contribution in [0.15, 0.2) is 42.7 Å². The summed E-state index contributed by atoms with van der Waals surface area (Å²) in [6.07, 6.45) is 1.31. The standard InChI is InChI=1S/C28H31F3N4O5/c1-14(2)27-26(36)20(32)12-23(40-27)16-6-7-33-13-22(16)35-28(37)21-5-4-17(29)25(34-21)24-18(30)10-15(11-19(24)31)39-9-8-38-3/h4-7,10-11,13-14,20,23,26-27,36H,8-9,12,32H2,1-3H3,(H,35,37)/t20-,23+,26+,27-/m1/s1. The van der Waals surface area contributed by atoms with Crippen LogP contribution in [0.5, 0.6) is 5.75 Å². The molecule has 1 fully saturated rings. The van der Waals surface area contributed by atoms with Gasteiger partial charge in [0.15, 0.2) is 0 Å². The maximum Gasteiger partial charge on any atom is 0.274 e. The average molecular weight is 561 g/mol. The quantitative estimate of drug-likeness (QED) is 0.335. The number of hydrogen-bond donors (Lipinski definition) is 3. The lowest BCUT2D eigenvalue weighted by atomic mass is 9.88. The van der Waals surface area contributed by atoms with Gasteiger partial charge in [-0.05, 0) is 30.5 Å². The number of aliphatic hydroxyl groups excluding tert-OH is 1. The summed E-state index contributed by atoms with van der Waals surface area (Å²) in [7, 11) is 1.45. The summed E-state index contributed by atoms with van der Waals surface area (Å²) in [6, 6.07) is 4.92.